The van der Waals surface area contributed by atoms with Crippen molar-refractivity contribution in [2.75, 3.05) is 19.8 Å². The van der Waals surface area contributed by atoms with E-state index < -0.39 is 0 Å². The highest BCUT2D eigenvalue weighted by atomic mass is 32.2. The van der Waals surface area contributed by atoms with E-state index in [1.54, 1.807) is 18.8 Å². The molecule has 3 nitrogen and oxygen atoms in total. The lowest BCUT2D eigenvalue weighted by Crippen LogP contribution is -2.17. The van der Waals surface area contributed by atoms with Gasteiger partial charge in [0.05, 0.1) is 0 Å². The summed E-state index contributed by atoms with van der Waals surface area (Å²) < 4.78 is 0. The molecule has 0 aliphatic rings. The summed E-state index contributed by atoms with van der Waals surface area (Å²) >= 11 is 1.72. The number of benzene rings is 1. The molecule has 0 heterocycles. The summed E-state index contributed by atoms with van der Waals surface area (Å²) in [5, 5.41) is 5.74. The monoisotopic (exact) mass is 238 g/mol. The molecule has 1 aromatic rings. The van der Waals surface area contributed by atoms with Gasteiger partial charge in [0, 0.05) is 30.7 Å². The van der Waals surface area contributed by atoms with Gasteiger partial charge in [-0.15, -0.1) is 11.8 Å². The van der Waals surface area contributed by atoms with Crippen LogP contribution in [-0.2, 0) is 11.3 Å². The summed E-state index contributed by atoms with van der Waals surface area (Å²) in [7, 11) is 3.60. The summed E-state index contributed by atoms with van der Waals surface area (Å²) in [6, 6.07) is 8.38. The van der Waals surface area contributed by atoms with Crippen LogP contribution < -0.4 is 10.6 Å². The molecule has 0 unspecified atom stereocenters. The van der Waals surface area contributed by atoms with Crippen molar-refractivity contribution in [3.05, 3.63) is 29.8 Å². The van der Waals surface area contributed by atoms with Crippen molar-refractivity contribution in [1.29, 1.82) is 0 Å². The van der Waals surface area contributed by atoms with Crippen LogP contribution in [0.1, 0.15) is 12.0 Å². The molecule has 2 N–H and O–H groups in total. The highest BCUT2D eigenvalue weighted by Crippen LogP contribution is 2.19. The molecule has 16 heavy (non-hydrogen) atoms. The van der Waals surface area contributed by atoms with Gasteiger partial charge in [0.1, 0.15) is 0 Å². The number of hydrogen-bond donors (Lipinski definition) is 2. The molecule has 0 aromatic heterocycles. The predicted octanol–water partition coefficient (Wildman–Crippen LogP) is 1.63. The second kappa shape index (κ2) is 7.30. The Morgan fingerprint density at radius 2 is 2.19 bits per heavy atom. The molecule has 0 spiro atoms. The van der Waals surface area contributed by atoms with E-state index in [1.807, 2.05) is 7.05 Å². The van der Waals surface area contributed by atoms with Crippen molar-refractivity contribution in [3.8, 4) is 0 Å². The number of carbonyl (C=O) groups is 1. The Morgan fingerprint density at radius 3 is 2.88 bits per heavy atom. The first kappa shape index (κ1) is 13.1. The maximum atomic E-state index is 11.0. The lowest BCUT2D eigenvalue weighted by atomic mass is 10.2. The van der Waals surface area contributed by atoms with Gasteiger partial charge in [-0.2, -0.15) is 0 Å². The number of thioether (sulfide) groups is 1. The molecule has 1 aromatic carbocycles. The molecule has 1 rings (SSSR count). The first-order valence-corrected chi connectivity index (χ1v) is 6.31. The molecular formula is C12H18N2OS. The smallest absolute Gasteiger partial charge is 0.220 e. The van der Waals surface area contributed by atoms with Crippen molar-refractivity contribution < 1.29 is 4.79 Å². The summed E-state index contributed by atoms with van der Waals surface area (Å²) in [6.07, 6.45) is 0.567. The second-order valence-corrected chi connectivity index (χ2v) is 4.62. The molecule has 88 valence electrons. The Balaban J connectivity index is 2.41. The summed E-state index contributed by atoms with van der Waals surface area (Å²) in [6.45, 7) is 0.879. The van der Waals surface area contributed by atoms with E-state index in [9.17, 15) is 4.79 Å². The average molecular weight is 238 g/mol. The Hall–Kier alpha value is -1.00. The van der Waals surface area contributed by atoms with Crippen LogP contribution in [0.3, 0.4) is 0 Å². The molecule has 0 bridgehead atoms. The third-order valence-electron chi connectivity index (χ3n) is 2.16. The maximum Gasteiger partial charge on any atom is 0.220 e. The van der Waals surface area contributed by atoms with Crippen LogP contribution in [0.4, 0.5) is 0 Å². The minimum atomic E-state index is 0.0962. The zero-order valence-corrected chi connectivity index (χ0v) is 10.6. The largest absolute Gasteiger partial charge is 0.359 e. The van der Waals surface area contributed by atoms with E-state index >= 15 is 0 Å². The summed E-state index contributed by atoms with van der Waals surface area (Å²) in [5.74, 6) is 0.918. The highest BCUT2D eigenvalue weighted by Gasteiger charge is 2.00. The maximum absolute atomic E-state index is 11.0. The van der Waals surface area contributed by atoms with E-state index in [1.165, 1.54) is 10.5 Å². The number of carbonyl (C=O) groups excluding carboxylic acids is 1. The fourth-order valence-electron chi connectivity index (χ4n) is 1.34. The zero-order valence-electron chi connectivity index (χ0n) is 9.75. The molecule has 0 saturated heterocycles. The highest BCUT2D eigenvalue weighted by molar-refractivity contribution is 7.99. The molecular weight excluding hydrogens is 220 g/mol. The number of amides is 1. The van der Waals surface area contributed by atoms with Crippen molar-refractivity contribution in [2.24, 2.45) is 0 Å². The molecule has 0 atom stereocenters. The molecule has 0 fully saturated rings. The molecule has 4 heteroatoms. The van der Waals surface area contributed by atoms with Crippen LogP contribution in [0, 0.1) is 0 Å². The standard InChI is InChI=1S/C12H18N2OS/c1-13-9-10-4-3-5-11(8-10)16-7-6-12(15)14-2/h3-5,8,13H,6-7,9H2,1-2H3,(H,14,15). The van der Waals surface area contributed by atoms with E-state index in [0.717, 1.165) is 12.3 Å². The van der Waals surface area contributed by atoms with Crippen molar-refractivity contribution in [1.82, 2.24) is 10.6 Å². The zero-order chi connectivity index (χ0) is 11.8. The average Bonchev–Trinajstić information content (AvgIpc) is 2.30. The number of rotatable bonds is 6. The van der Waals surface area contributed by atoms with Gasteiger partial charge in [-0.25, -0.2) is 0 Å². The van der Waals surface area contributed by atoms with Crippen LogP contribution >= 0.6 is 11.8 Å². The minimum absolute atomic E-state index is 0.0962. The molecule has 1 amide bonds. The Kier molecular flexibility index (Phi) is 5.96. The quantitative estimate of drug-likeness (QED) is 0.740. The second-order valence-electron chi connectivity index (χ2n) is 3.45. The lowest BCUT2D eigenvalue weighted by Gasteiger charge is -2.04. The Bertz CT molecular complexity index is 342. The molecule has 0 aliphatic carbocycles. The van der Waals surface area contributed by atoms with Gasteiger partial charge in [-0.1, -0.05) is 12.1 Å². The molecule has 0 saturated carbocycles. The molecule has 0 radical (unpaired) electrons. The normalized spacial score (nSPS) is 10.1. The first-order valence-electron chi connectivity index (χ1n) is 5.33. The third-order valence-corrected chi connectivity index (χ3v) is 3.15. The topological polar surface area (TPSA) is 41.1 Å². The Morgan fingerprint density at radius 1 is 1.38 bits per heavy atom. The summed E-state index contributed by atoms with van der Waals surface area (Å²) in [5.41, 5.74) is 1.27. The fourth-order valence-corrected chi connectivity index (χ4v) is 2.27. The van der Waals surface area contributed by atoms with Crippen molar-refractivity contribution in [2.45, 2.75) is 17.9 Å². The van der Waals surface area contributed by atoms with E-state index in [-0.39, 0.29) is 5.91 Å². The van der Waals surface area contributed by atoms with Gasteiger partial charge in [-0.3, -0.25) is 4.79 Å². The third kappa shape index (κ3) is 4.68. The van der Waals surface area contributed by atoms with Crippen molar-refractivity contribution >= 4 is 17.7 Å². The van der Waals surface area contributed by atoms with E-state index in [0.29, 0.717) is 6.42 Å². The van der Waals surface area contributed by atoms with Crippen molar-refractivity contribution in [3.63, 3.8) is 0 Å². The van der Waals surface area contributed by atoms with Crippen LogP contribution in [0.5, 0.6) is 0 Å². The van der Waals surface area contributed by atoms with Gasteiger partial charge in [0.15, 0.2) is 0 Å². The fraction of sp³-hybridized carbons (Fsp3) is 0.417. The minimum Gasteiger partial charge on any atom is -0.359 e. The van der Waals surface area contributed by atoms with Gasteiger partial charge in [-0.05, 0) is 24.7 Å². The first-order chi connectivity index (χ1) is 7.76. The Labute approximate surface area is 101 Å². The predicted molar refractivity (Wildman–Crippen MR) is 68.6 cm³/mol. The lowest BCUT2D eigenvalue weighted by molar-refractivity contribution is -0.120. The number of hydrogen-bond acceptors (Lipinski definition) is 3. The van der Waals surface area contributed by atoms with Crippen LogP contribution in [-0.4, -0.2) is 25.8 Å². The van der Waals surface area contributed by atoms with Gasteiger partial charge >= 0.3 is 0 Å². The van der Waals surface area contributed by atoms with Gasteiger partial charge < -0.3 is 10.6 Å². The van der Waals surface area contributed by atoms with Crippen LogP contribution in [0.2, 0.25) is 0 Å². The van der Waals surface area contributed by atoms with Gasteiger partial charge in [0.2, 0.25) is 5.91 Å². The van der Waals surface area contributed by atoms with Crippen LogP contribution in [0.25, 0.3) is 0 Å². The van der Waals surface area contributed by atoms with E-state index in [2.05, 4.69) is 34.9 Å². The summed E-state index contributed by atoms with van der Waals surface area (Å²) in [4.78, 5) is 12.3. The SMILES string of the molecule is CNCc1cccc(SCCC(=O)NC)c1. The molecule has 0 aliphatic heterocycles. The number of nitrogens with one attached hydrogen (secondary N) is 2. The van der Waals surface area contributed by atoms with Gasteiger partial charge in [0.25, 0.3) is 0 Å². The van der Waals surface area contributed by atoms with E-state index in [4.69, 9.17) is 0 Å². The van der Waals surface area contributed by atoms with Crippen LogP contribution in [0.15, 0.2) is 29.2 Å².